The Morgan fingerprint density at radius 3 is 3.05 bits per heavy atom. The Labute approximate surface area is 123 Å². The quantitative estimate of drug-likeness (QED) is 0.370. The molecule has 0 spiro atoms. The molecule has 1 atom stereocenters. The van der Waals surface area contributed by atoms with Crippen LogP contribution in [-0.2, 0) is 4.74 Å². The minimum Gasteiger partial charge on any atom is -0.409 e. The molecule has 114 valence electrons. The molecule has 2 heterocycles. The maximum Gasteiger partial charge on any atom is 0.272 e. The average Bonchev–Trinajstić information content (AvgIpc) is 2.54. The molecule has 1 aliphatic rings. The standard InChI is InChI=1S/C14H20N4O3/c1-2-21-11-4-3-7-18(9-11)14(19)12-6-5-10(8-16-12)13(15)17-20/h5-6,8,11,20H,2-4,7,9H2,1H3,(H2,15,17). The van der Waals surface area contributed by atoms with E-state index in [1.807, 2.05) is 6.92 Å². The van der Waals surface area contributed by atoms with Crippen LogP contribution in [0.25, 0.3) is 0 Å². The van der Waals surface area contributed by atoms with Gasteiger partial charge < -0.3 is 20.6 Å². The molecule has 3 N–H and O–H groups in total. The van der Waals surface area contributed by atoms with Crippen LogP contribution in [-0.4, -0.2) is 52.6 Å². The van der Waals surface area contributed by atoms with Crippen LogP contribution in [0.4, 0.5) is 0 Å². The van der Waals surface area contributed by atoms with Gasteiger partial charge in [0.25, 0.3) is 5.91 Å². The van der Waals surface area contributed by atoms with Crippen molar-refractivity contribution in [1.29, 1.82) is 0 Å². The van der Waals surface area contributed by atoms with E-state index in [0.717, 1.165) is 12.8 Å². The first-order valence-electron chi connectivity index (χ1n) is 7.00. The van der Waals surface area contributed by atoms with E-state index in [1.54, 1.807) is 17.0 Å². The third-order valence-corrected chi connectivity index (χ3v) is 3.45. The van der Waals surface area contributed by atoms with Crippen molar-refractivity contribution in [2.24, 2.45) is 10.9 Å². The number of oxime groups is 1. The normalized spacial score (nSPS) is 19.6. The van der Waals surface area contributed by atoms with Crippen molar-refractivity contribution in [3.8, 4) is 0 Å². The van der Waals surface area contributed by atoms with Gasteiger partial charge in [0, 0.05) is 31.5 Å². The monoisotopic (exact) mass is 292 g/mol. The number of carbonyl (C=O) groups is 1. The number of amidine groups is 1. The van der Waals surface area contributed by atoms with Crippen LogP contribution in [0, 0.1) is 0 Å². The van der Waals surface area contributed by atoms with E-state index in [2.05, 4.69) is 10.1 Å². The van der Waals surface area contributed by atoms with Gasteiger partial charge in [-0.3, -0.25) is 9.78 Å². The molecule has 1 aromatic rings. The maximum atomic E-state index is 12.4. The van der Waals surface area contributed by atoms with Crippen molar-refractivity contribution < 1.29 is 14.7 Å². The van der Waals surface area contributed by atoms with E-state index in [0.29, 0.717) is 31.0 Å². The number of hydrogen-bond acceptors (Lipinski definition) is 5. The second kappa shape index (κ2) is 7.03. The SMILES string of the molecule is CCOC1CCCN(C(=O)c2ccc(C(N)=NO)cn2)C1. The molecular formula is C14H20N4O3. The number of rotatable bonds is 4. The van der Waals surface area contributed by atoms with Gasteiger partial charge in [-0.2, -0.15) is 0 Å². The average molecular weight is 292 g/mol. The van der Waals surface area contributed by atoms with Crippen LogP contribution >= 0.6 is 0 Å². The summed E-state index contributed by atoms with van der Waals surface area (Å²) in [6.07, 6.45) is 3.43. The number of nitrogens with zero attached hydrogens (tertiary/aromatic N) is 3. The predicted octanol–water partition coefficient (Wildman–Crippen LogP) is 0.817. The fraction of sp³-hybridized carbons (Fsp3) is 0.500. The lowest BCUT2D eigenvalue weighted by Crippen LogP contribution is -2.43. The number of amides is 1. The fourth-order valence-electron chi connectivity index (χ4n) is 2.39. The first kappa shape index (κ1) is 15.2. The van der Waals surface area contributed by atoms with Gasteiger partial charge in [-0.1, -0.05) is 5.16 Å². The van der Waals surface area contributed by atoms with Gasteiger partial charge in [-0.05, 0) is 31.9 Å². The molecule has 0 saturated carbocycles. The summed E-state index contributed by atoms with van der Waals surface area (Å²) in [6, 6.07) is 3.19. The Morgan fingerprint density at radius 1 is 1.62 bits per heavy atom. The first-order valence-corrected chi connectivity index (χ1v) is 7.00. The third-order valence-electron chi connectivity index (χ3n) is 3.45. The number of carbonyl (C=O) groups excluding carboxylic acids is 1. The Hall–Kier alpha value is -2.15. The summed E-state index contributed by atoms with van der Waals surface area (Å²) >= 11 is 0. The highest BCUT2D eigenvalue weighted by molar-refractivity contribution is 5.98. The smallest absolute Gasteiger partial charge is 0.272 e. The molecule has 1 aromatic heterocycles. The maximum absolute atomic E-state index is 12.4. The van der Waals surface area contributed by atoms with E-state index in [4.69, 9.17) is 15.7 Å². The number of likely N-dealkylation sites (tertiary alicyclic amines) is 1. The minimum atomic E-state index is -0.120. The molecule has 7 heteroatoms. The number of nitrogens with two attached hydrogens (primary N) is 1. The first-order chi connectivity index (χ1) is 10.2. The molecule has 1 aliphatic heterocycles. The summed E-state index contributed by atoms with van der Waals surface area (Å²) in [5.41, 5.74) is 6.28. The molecule has 0 radical (unpaired) electrons. The number of hydrogen-bond donors (Lipinski definition) is 2. The van der Waals surface area contributed by atoms with Crippen molar-refractivity contribution in [1.82, 2.24) is 9.88 Å². The van der Waals surface area contributed by atoms with Crippen LogP contribution in [0.15, 0.2) is 23.5 Å². The van der Waals surface area contributed by atoms with Crippen LogP contribution < -0.4 is 5.73 Å². The summed E-state index contributed by atoms with van der Waals surface area (Å²) in [5, 5.41) is 11.5. The minimum absolute atomic E-state index is 0.0316. The Morgan fingerprint density at radius 2 is 2.43 bits per heavy atom. The number of piperidine rings is 1. The van der Waals surface area contributed by atoms with Gasteiger partial charge in [-0.15, -0.1) is 0 Å². The lowest BCUT2D eigenvalue weighted by molar-refractivity contribution is 0.00703. The highest BCUT2D eigenvalue weighted by Crippen LogP contribution is 2.15. The number of pyridine rings is 1. The topological polar surface area (TPSA) is 101 Å². The van der Waals surface area contributed by atoms with Crippen LogP contribution in [0.1, 0.15) is 35.8 Å². The van der Waals surface area contributed by atoms with E-state index < -0.39 is 0 Å². The molecule has 1 unspecified atom stereocenters. The van der Waals surface area contributed by atoms with Gasteiger partial charge in [0.1, 0.15) is 5.69 Å². The van der Waals surface area contributed by atoms with E-state index in [9.17, 15) is 4.79 Å². The molecule has 1 saturated heterocycles. The van der Waals surface area contributed by atoms with Crippen molar-refractivity contribution >= 4 is 11.7 Å². The fourth-order valence-corrected chi connectivity index (χ4v) is 2.39. The molecule has 1 amide bonds. The van der Waals surface area contributed by atoms with E-state index in [1.165, 1.54) is 6.20 Å². The molecular weight excluding hydrogens is 272 g/mol. The Kier molecular flexibility index (Phi) is 5.10. The zero-order valence-electron chi connectivity index (χ0n) is 12.0. The molecule has 2 rings (SSSR count). The summed E-state index contributed by atoms with van der Waals surface area (Å²) in [5.74, 6) is -0.152. The largest absolute Gasteiger partial charge is 0.409 e. The zero-order chi connectivity index (χ0) is 15.2. The summed E-state index contributed by atoms with van der Waals surface area (Å²) in [7, 11) is 0. The van der Waals surface area contributed by atoms with Crippen LogP contribution in [0.2, 0.25) is 0 Å². The second-order valence-electron chi connectivity index (χ2n) is 4.89. The summed E-state index contributed by atoms with van der Waals surface area (Å²) in [6.45, 7) is 3.91. The Balaban J connectivity index is 2.05. The molecule has 7 nitrogen and oxygen atoms in total. The van der Waals surface area contributed by atoms with Gasteiger partial charge in [0.2, 0.25) is 0 Å². The van der Waals surface area contributed by atoms with Crippen molar-refractivity contribution in [2.45, 2.75) is 25.9 Å². The van der Waals surface area contributed by atoms with Crippen molar-refractivity contribution in [2.75, 3.05) is 19.7 Å². The molecule has 0 aromatic carbocycles. The highest BCUT2D eigenvalue weighted by atomic mass is 16.5. The van der Waals surface area contributed by atoms with Crippen LogP contribution in [0.3, 0.4) is 0 Å². The van der Waals surface area contributed by atoms with E-state index in [-0.39, 0.29) is 17.8 Å². The second-order valence-corrected chi connectivity index (χ2v) is 4.89. The molecule has 0 aliphatic carbocycles. The summed E-state index contributed by atoms with van der Waals surface area (Å²) < 4.78 is 5.59. The summed E-state index contributed by atoms with van der Waals surface area (Å²) in [4.78, 5) is 18.2. The van der Waals surface area contributed by atoms with Crippen molar-refractivity contribution in [3.05, 3.63) is 29.6 Å². The number of aromatic nitrogens is 1. The van der Waals surface area contributed by atoms with Gasteiger partial charge >= 0.3 is 0 Å². The predicted molar refractivity (Wildman–Crippen MR) is 77.3 cm³/mol. The third kappa shape index (κ3) is 3.69. The van der Waals surface area contributed by atoms with Gasteiger partial charge in [0.15, 0.2) is 5.84 Å². The lowest BCUT2D eigenvalue weighted by Gasteiger charge is -2.32. The molecule has 0 bridgehead atoms. The van der Waals surface area contributed by atoms with Gasteiger partial charge in [0.05, 0.1) is 6.10 Å². The highest BCUT2D eigenvalue weighted by Gasteiger charge is 2.25. The van der Waals surface area contributed by atoms with Crippen molar-refractivity contribution in [3.63, 3.8) is 0 Å². The van der Waals surface area contributed by atoms with Crippen LogP contribution in [0.5, 0.6) is 0 Å². The molecule has 21 heavy (non-hydrogen) atoms. The zero-order valence-corrected chi connectivity index (χ0v) is 12.0. The Bertz CT molecular complexity index is 513. The van der Waals surface area contributed by atoms with Gasteiger partial charge in [-0.25, -0.2) is 0 Å². The number of ether oxygens (including phenoxy) is 1. The lowest BCUT2D eigenvalue weighted by atomic mass is 10.1. The van der Waals surface area contributed by atoms with E-state index >= 15 is 0 Å². The molecule has 1 fully saturated rings.